The first kappa shape index (κ1) is 38.5. The fourth-order valence-electron chi connectivity index (χ4n) is 5.38. The van der Waals surface area contributed by atoms with Crippen LogP contribution in [0.2, 0.25) is 0 Å². The molecule has 2 atom stereocenters. The predicted molar refractivity (Wildman–Crippen MR) is 175 cm³/mol. The molecule has 2 aromatic rings. The van der Waals surface area contributed by atoms with Gasteiger partial charge in [0.1, 0.15) is 13.4 Å². The number of aryl methyl sites for hydroxylation is 1. The van der Waals surface area contributed by atoms with Gasteiger partial charge in [0.25, 0.3) is 0 Å². The molecule has 0 aliphatic heterocycles. The molecule has 46 heavy (non-hydrogen) atoms. The average Bonchev–Trinajstić information content (AvgIpc) is 3.38. The molecule has 0 radical (unpaired) electrons. The number of carbonyl (C=O) groups is 4. The Labute approximate surface area is 272 Å². The van der Waals surface area contributed by atoms with E-state index in [4.69, 9.17) is 28.8 Å². The summed E-state index contributed by atoms with van der Waals surface area (Å²) in [5.74, 6) is -0.179. The number of benzene rings is 2. The summed E-state index contributed by atoms with van der Waals surface area (Å²) in [7, 11) is 3.18. The van der Waals surface area contributed by atoms with E-state index in [1.165, 1.54) is 7.05 Å². The highest BCUT2D eigenvalue weighted by Gasteiger charge is 2.33. The number of rotatable bonds is 21. The van der Waals surface area contributed by atoms with Crippen LogP contribution < -0.4 is 10.6 Å². The molecule has 3 N–H and O–H groups in total. The summed E-state index contributed by atoms with van der Waals surface area (Å²) in [6.45, 7) is 6.80. The van der Waals surface area contributed by atoms with Gasteiger partial charge in [0.2, 0.25) is 5.91 Å². The third-order valence-electron chi connectivity index (χ3n) is 7.68. The highest BCUT2D eigenvalue weighted by atomic mass is 16.5. The summed E-state index contributed by atoms with van der Waals surface area (Å²) in [5, 5.41) is 14.5. The maximum absolute atomic E-state index is 13.4. The molecule has 3 rings (SSSR count). The molecule has 0 saturated carbocycles. The lowest BCUT2D eigenvalue weighted by Crippen LogP contribution is -2.27. The third kappa shape index (κ3) is 12.3. The number of Topliss-reactive ketones (excluding diaryl/α,β-unsaturated/α-hetero) is 1. The Balaban J connectivity index is 0.00000361. The zero-order valence-corrected chi connectivity index (χ0v) is 27.4. The van der Waals surface area contributed by atoms with E-state index in [0.29, 0.717) is 77.1 Å². The van der Waals surface area contributed by atoms with Gasteiger partial charge < -0.3 is 39.5 Å². The van der Waals surface area contributed by atoms with Crippen molar-refractivity contribution in [3.63, 3.8) is 0 Å². The van der Waals surface area contributed by atoms with Crippen LogP contribution >= 0.6 is 0 Å². The van der Waals surface area contributed by atoms with Gasteiger partial charge in [0.05, 0.1) is 12.7 Å². The molecule has 0 aromatic heterocycles. The zero-order chi connectivity index (χ0) is 33.7. The Bertz CT molecular complexity index is 1240. The van der Waals surface area contributed by atoms with E-state index in [2.05, 4.69) is 16.7 Å². The van der Waals surface area contributed by atoms with Gasteiger partial charge in [-0.05, 0) is 66.8 Å². The number of aliphatic hydroxyl groups excluding tert-OH is 1. The maximum Gasteiger partial charge on any atom is 0.406 e. The number of amides is 2. The molecule has 1 aliphatic carbocycles. The van der Waals surface area contributed by atoms with E-state index in [1.54, 1.807) is 7.11 Å². The van der Waals surface area contributed by atoms with Gasteiger partial charge in [0, 0.05) is 71.5 Å². The molecule has 0 fully saturated rings. The zero-order valence-electron chi connectivity index (χ0n) is 27.4. The lowest BCUT2D eigenvalue weighted by molar-refractivity contribution is -0.121. The van der Waals surface area contributed by atoms with E-state index in [1.807, 2.05) is 44.0 Å². The number of aliphatic hydroxyl groups is 1. The first-order valence-electron chi connectivity index (χ1n) is 15.9. The van der Waals surface area contributed by atoms with E-state index < -0.39 is 6.09 Å². The molecule has 2 aromatic carbocycles. The van der Waals surface area contributed by atoms with Crippen molar-refractivity contribution in [1.82, 2.24) is 10.6 Å². The van der Waals surface area contributed by atoms with E-state index >= 15 is 0 Å². The first-order chi connectivity index (χ1) is 22.4. The van der Waals surface area contributed by atoms with Crippen molar-refractivity contribution >= 4 is 24.6 Å². The van der Waals surface area contributed by atoms with Crippen molar-refractivity contribution in [3.05, 3.63) is 58.7 Å². The monoisotopic (exact) mass is 642 g/mol. The number of hydrogen-bond donors (Lipinski definition) is 3. The maximum atomic E-state index is 13.4. The molecular formula is C35H50N2O9. The van der Waals surface area contributed by atoms with Crippen LogP contribution in [0.15, 0.2) is 36.4 Å². The molecular weight excluding hydrogens is 592 g/mol. The second-order valence-electron chi connectivity index (χ2n) is 11.0. The van der Waals surface area contributed by atoms with Crippen LogP contribution in [-0.2, 0) is 35.0 Å². The number of ketones is 1. The number of hydrogen-bond acceptors (Lipinski definition) is 9. The summed E-state index contributed by atoms with van der Waals surface area (Å²) in [6, 6.07) is 11.9. The summed E-state index contributed by atoms with van der Waals surface area (Å²) < 4.78 is 21.7. The van der Waals surface area contributed by atoms with E-state index in [0.717, 1.165) is 34.2 Å². The second-order valence-corrected chi connectivity index (χ2v) is 11.0. The normalized spacial score (nSPS) is 13.5. The Kier molecular flexibility index (Phi) is 18.4. The number of methoxy groups -OCH3 is 1. The fourth-order valence-corrected chi connectivity index (χ4v) is 5.38. The smallest absolute Gasteiger partial charge is 0.406 e. The van der Waals surface area contributed by atoms with Gasteiger partial charge in [-0.25, -0.2) is 4.79 Å². The molecule has 0 heterocycles. The Morgan fingerprint density at radius 3 is 2.52 bits per heavy atom. The van der Waals surface area contributed by atoms with Gasteiger partial charge in [-0.3, -0.25) is 9.59 Å². The van der Waals surface area contributed by atoms with Gasteiger partial charge in [-0.2, -0.15) is 0 Å². The van der Waals surface area contributed by atoms with Gasteiger partial charge >= 0.3 is 6.09 Å². The lowest BCUT2D eigenvalue weighted by atomic mass is 9.93. The fraction of sp³-hybridized carbons (Fsp3) is 0.543. The number of ether oxygens (including phenoxy) is 4. The minimum absolute atomic E-state index is 0.00711. The SMILES string of the molecule is C=O.CNC(=O)OCC1c2cc(CCCC(=O)NCCOCCCOC)ccc2-c2c(C(=O)CCCOC(C)CCO)cccc21. The topological polar surface area (TPSA) is 149 Å². The molecule has 11 heteroatoms. The van der Waals surface area contributed by atoms with Gasteiger partial charge in [-0.15, -0.1) is 0 Å². The molecule has 1 aliphatic rings. The van der Waals surface area contributed by atoms with Crippen LogP contribution in [0.5, 0.6) is 0 Å². The minimum Gasteiger partial charge on any atom is -0.449 e. The van der Waals surface area contributed by atoms with Gasteiger partial charge in [0.15, 0.2) is 5.78 Å². The molecule has 11 nitrogen and oxygen atoms in total. The van der Waals surface area contributed by atoms with Crippen molar-refractivity contribution in [2.24, 2.45) is 0 Å². The molecule has 2 amide bonds. The minimum atomic E-state index is -0.509. The van der Waals surface area contributed by atoms with Crippen molar-refractivity contribution in [2.75, 3.05) is 60.3 Å². The number of fused-ring (bicyclic) bond motifs is 3. The third-order valence-corrected chi connectivity index (χ3v) is 7.68. The second kappa shape index (κ2) is 22.0. The van der Waals surface area contributed by atoms with Crippen LogP contribution in [0.3, 0.4) is 0 Å². The average molecular weight is 643 g/mol. The molecule has 0 saturated heterocycles. The number of alkyl carbamates (subject to hydrolysis) is 1. The quantitative estimate of drug-likeness (QED) is 0.134. The first-order valence-corrected chi connectivity index (χ1v) is 15.9. The van der Waals surface area contributed by atoms with Gasteiger partial charge in [-0.1, -0.05) is 36.4 Å². The number of carbonyl (C=O) groups excluding carboxylic acids is 4. The predicted octanol–water partition coefficient (Wildman–Crippen LogP) is 4.21. The van der Waals surface area contributed by atoms with Crippen LogP contribution in [0.4, 0.5) is 4.79 Å². The lowest BCUT2D eigenvalue weighted by Gasteiger charge is -2.15. The Morgan fingerprint density at radius 2 is 1.78 bits per heavy atom. The molecule has 0 bridgehead atoms. The van der Waals surface area contributed by atoms with Crippen LogP contribution in [0.1, 0.15) is 78.4 Å². The van der Waals surface area contributed by atoms with Crippen molar-refractivity contribution < 1.29 is 43.2 Å². The van der Waals surface area contributed by atoms with E-state index in [-0.39, 0.29) is 36.9 Å². The summed E-state index contributed by atoms with van der Waals surface area (Å²) in [5.41, 5.74) is 5.57. The highest BCUT2D eigenvalue weighted by molar-refractivity contribution is 6.04. The highest BCUT2D eigenvalue weighted by Crippen LogP contribution is 2.47. The largest absolute Gasteiger partial charge is 0.449 e. The number of nitrogens with one attached hydrogen (secondary N) is 2. The van der Waals surface area contributed by atoms with Crippen LogP contribution in [0.25, 0.3) is 11.1 Å². The van der Waals surface area contributed by atoms with E-state index in [9.17, 15) is 14.4 Å². The Hall–Kier alpha value is -3.64. The molecule has 0 spiro atoms. The summed E-state index contributed by atoms with van der Waals surface area (Å²) >= 11 is 0. The molecule has 2 unspecified atom stereocenters. The van der Waals surface area contributed by atoms with Crippen molar-refractivity contribution in [1.29, 1.82) is 0 Å². The Morgan fingerprint density at radius 1 is 0.978 bits per heavy atom. The molecule has 254 valence electrons. The van der Waals surface area contributed by atoms with Crippen molar-refractivity contribution in [2.45, 2.75) is 63.9 Å². The summed E-state index contributed by atoms with van der Waals surface area (Å²) in [4.78, 5) is 45.7. The standard InChI is InChI=1S/C34H48N2O8.CH2O/c1-24(15-17-37)43-20-6-11-31(38)28-10-5-9-26-30(23-44-34(40)35-2)29-22-25(13-14-27(29)33(26)28)8-4-12-32(39)36-16-21-42-19-7-18-41-3;1-2/h5,9-10,13-14,22,24,30,37H,4,6-8,11-12,15-21,23H2,1-3H3,(H,35,40)(H,36,39);1H2. The van der Waals surface area contributed by atoms with Crippen molar-refractivity contribution in [3.8, 4) is 11.1 Å². The van der Waals surface area contributed by atoms with Crippen LogP contribution in [-0.4, -0.2) is 96.1 Å². The summed E-state index contributed by atoms with van der Waals surface area (Å²) in [6.07, 6.45) is 3.58. The van der Waals surface area contributed by atoms with Crippen LogP contribution in [0, 0.1) is 0 Å².